The Morgan fingerprint density at radius 2 is 1.57 bits per heavy atom. The Hall–Kier alpha value is -2.18. The van der Waals surface area contributed by atoms with Crippen molar-refractivity contribution in [2.45, 2.75) is 51.1 Å². The van der Waals surface area contributed by atoms with Gasteiger partial charge in [-0.1, -0.05) is 89.4 Å². The average Bonchev–Trinajstić information content (AvgIpc) is 2.83. The quantitative estimate of drug-likeness (QED) is 0.272. The molecule has 1 atom stereocenters. The standard InChI is InChI=1S/C29H31Cl3N2O2S/c1-29(2,3)33-28(36)26(15-20-9-5-4-6-10-20)34(17-21-13-14-23(30)16-25(21)32)27(35)19-37-18-22-11-7-8-12-24(22)31/h4-14,16,26H,15,17-19H2,1-3H3,(H,33,36)/t26-/m1/s1. The lowest BCUT2D eigenvalue weighted by Gasteiger charge is -2.34. The number of nitrogens with zero attached hydrogens (tertiary/aromatic N) is 1. The Morgan fingerprint density at radius 1 is 0.892 bits per heavy atom. The summed E-state index contributed by atoms with van der Waals surface area (Å²) >= 11 is 20.4. The second-order valence-electron chi connectivity index (χ2n) is 9.79. The summed E-state index contributed by atoms with van der Waals surface area (Å²) in [4.78, 5) is 28.9. The van der Waals surface area contributed by atoms with Gasteiger partial charge in [-0.05, 0) is 55.7 Å². The molecule has 0 heterocycles. The third-order valence-corrected chi connectivity index (χ3v) is 7.49. The fourth-order valence-electron chi connectivity index (χ4n) is 3.79. The molecule has 3 rings (SSSR count). The van der Waals surface area contributed by atoms with E-state index in [0.717, 1.165) is 16.7 Å². The second kappa shape index (κ2) is 13.6. The van der Waals surface area contributed by atoms with E-state index < -0.39 is 11.6 Å². The van der Waals surface area contributed by atoms with Gasteiger partial charge in [0.15, 0.2) is 0 Å². The first-order valence-electron chi connectivity index (χ1n) is 11.9. The average molecular weight is 578 g/mol. The molecule has 2 amide bonds. The predicted molar refractivity (Wildman–Crippen MR) is 156 cm³/mol. The summed E-state index contributed by atoms with van der Waals surface area (Å²) in [5.74, 6) is 0.391. The minimum absolute atomic E-state index is 0.159. The Morgan fingerprint density at radius 3 is 2.22 bits per heavy atom. The van der Waals surface area contributed by atoms with Gasteiger partial charge >= 0.3 is 0 Å². The van der Waals surface area contributed by atoms with E-state index in [0.29, 0.717) is 27.2 Å². The summed E-state index contributed by atoms with van der Waals surface area (Å²) in [6.45, 7) is 5.95. The van der Waals surface area contributed by atoms with E-state index in [1.165, 1.54) is 11.8 Å². The maximum absolute atomic E-state index is 13.7. The molecular formula is C29H31Cl3N2O2S. The van der Waals surface area contributed by atoms with Crippen LogP contribution in [0.25, 0.3) is 0 Å². The van der Waals surface area contributed by atoms with Crippen molar-refractivity contribution in [1.29, 1.82) is 0 Å². The van der Waals surface area contributed by atoms with Crippen molar-refractivity contribution in [1.82, 2.24) is 10.2 Å². The Kier molecular flexibility index (Phi) is 10.8. The zero-order valence-electron chi connectivity index (χ0n) is 21.1. The fourth-order valence-corrected chi connectivity index (χ4v) is 5.45. The second-order valence-corrected chi connectivity index (χ2v) is 12.0. The zero-order valence-corrected chi connectivity index (χ0v) is 24.2. The highest BCUT2D eigenvalue weighted by atomic mass is 35.5. The molecule has 0 saturated carbocycles. The molecule has 0 aliphatic carbocycles. The van der Waals surface area contributed by atoms with E-state index in [9.17, 15) is 9.59 Å². The number of halogens is 3. The minimum Gasteiger partial charge on any atom is -0.350 e. The maximum atomic E-state index is 13.7. The number of carbonyl (C=O) groups excluding carboxylic acids is 2. The number of rotatable bonds is 10. The van der Waals surface area contributed by atoms with Crippen LogP contribution in [-0.4, -0.2) is 34.0 Å². The minimum atomic E-state index is -0.734. The van der Waals surface area contributed by atoms with Crippen LogP contribution in [0.1, 0.15) is 37.5 Å². The number of hydrogen-bond acceptors (Lipinski definition) is 3. The summed E-state index contributed by atoms with van der Waals surface area (Å²) in [7, 11) is 0. The predicted octanol–water partition coefficient (Wildman–Crippen LogP) is 7.43. The molecule has 0 radical (unpaired) electrons. The van der Waals surface area contributed by atoms with E-state index in [4.69, 9.17) is 34.8 Å². The highest BCUT2D eigenvalue weighted by Crippen LogP contribution is 2.26. The largest absolute Gasteiger partial charge is 0.350 e. The van der Waals surface area contributed by atoms with Gasteiger partial charge in [0.2, 0.25) is 11.8 Å². The van der Waals surface area contributed by atoms with Crippen LogP contribution >= 0.6 is 46.6 Å². The van der Waals surface area contributed by atoms with Crippen molar-refractivity contribution in [3.05, 3.63) is 105 Å². The van der Waals surface area contributed by atoms with Crippen molar-refractivity contribution in [3.63, 3.8) is 0 Å². The molecule has 1 N–H and O–H groups in total. The lowest BCUT2D eigenvalue weighted by molar-refractivity contribution is -0.140. The molecule has 3 aromatic rings. The fraction of sp³-hybridized carbons (Fsp3) is 0.310. The molecule has 3 aromatic carbocycles. The molecular weight excluding hydrogens is 547 g/mol. The summed E-state index contributed by atoms with van der Waals surface area (Å²) in [5.41, 5.74) is 2.18. The van der Waals surface area contributed by atoms with Crippen molar-refractivity contribution in [2.75, 3.05) is 5.75 Å². The Labute approximate surface area is 238 Å². The number of nitrogens with one attached hydrogen (secondary N) is 1. The number of hydrogen-bond donors (Lipinski definition) is 1. The zero-order chi connectivity index (χ0) is 27.0. The van der Waals surface area contributed by atoms with Crippen LogP contribution in [-0.2, 0) is 28.3 Å². The normalized spacial score (nSPS) is 12.2. The first-order valence-corrected chi connectivity index (χ1v) is 14.2. The van der Waals surface area contributed by atoms with Gasteiger partial charge in [0.05, 0.1) is 5.75 Å². The molecule has 0 fully saturated rings. The maximum Gasteiger partial charge on any atom is 0.243 e. The lowest BCUT2D eigenvalue weighted by atomic mass is 10.0. The third-order valence-electron chi connectivity index (χ3n) is 5.57. The summed E-state index contributed by atoms with van der Waals surface area (Å²) in [5, 5.41) is 4.68. The monoisotopic (exact) mass is 576 g/mol. The summed E-state index contributed by atoms with van der Waals surface area (Å²) < 4.78 is 0. The van der Waals surface area contributed by atoms with Crippen LogP contribution in [0.4, 0.5) is 0 Å². The molecule has 0 bridgehead atoms. The number of benzene rings is 3. The molecule has 37 heavy (non-hydrogen) atoms. The molecule has 8 heteroatoms. The molecule has 196 valence electrons. The van der Waals surface area contributed by atoms with Crippen molar-refractivity contribution in [3.8, 4) is 0 Å². The van der Waals surface area contributed by atoms with Crippen molar-refractivity contribution in [2.24, 2.45) is 0 Å². The number of carbonyl (C=O) groups is 2. The molecule has 0 aliphatic heterocycles. The van der Waals surface area contributed by atoms with Gasteiger partial charge in [-0.3, -0.25) is 9.59 Å². The van der Waals surface area contributed by atoms with E-state index in [1.54, 1.807) is 23.1 Å². The molecule has 0 saturated heterocycles. The lowest BCUT2D eigenvalue weighted by Crippen LogP contribution is -2.54. The third kappa shape index (κ3) is 9.26. The van der Waals surface area contributed by atoms with Crippen molar-refractivity contribution < 1.29 is 9.59 Å². The van der Waals surface area contributed by atoms with Crippen LogP contribution in [0.5, 0.6) is 0 Å². The summed E-state index contributed by atoms with van der Waals surface area (Å²) in [6.07, 6.45) is 0.370. The molecule has 4 nitrogen and oxygen atoms in total. The van der Waals surface area contributed by atoms with Gasteiger partial charge < -0.3 is 10.2 Å². The van der Waals surface area contributed by atoms with Gasteiger partial charge in [0.25, 0.3) is 0 Å². The number of amides is 2. The molecule has 0 aliphatic rings. The van der Waals surface area contributed by atoms with E-state index in [2.05, 4.69) is 5.32 Å². The van der Waals surface area contributed by atoms with E-state index in [-0.39, 0.29) is 24.1 Å². The van der Waals surface area contributed by atoms with Crippen molar-refractivity contribution >= 4 is 58.4 Å². The van der Waals surface area contributed by atoms with Crippen LogP contribution in [0.15, 0.2) is 72.8 Å². The van der Waals surface area contributed by atoms with E-state index >= 15 is 0 Å². The van der Waals surface area contributed by atoms with Crippen LogP contribution in [0.3, 0.4) is 0 Å². The van der Waals surface area contributed by atoms with Gasteiger partial charge in [-0.15, -0.1) is 11.8 Å². The van der Waals surface area contributed by atoms with Crippen LogP contribution in [0.2, 0.25) is 15.1 Å². The van der Waals surface area contributed by atoms with Crippen LogP contribution < -0.4 is 5.32 Å². The Balaban J connectivity index is 1.91. The SMILES string of the molecule is CC(C)(C)NC(=O)[C@@H](Cc1ccccc1)N(Cc1ccc(Cl)cc1Cl)C(=O)CSCc1ccccc1Cl. The first kappa shape index (κ1) is 29.4. The topological polar surface area (TPSA) is 49.4 Å². The van der Waals surface area contributed by atoms with Gasteiger partial charge in [-0.25, -0.2) is 0 Å². The smallest absolute Gasteiger partial charge is 0.243 e. The first-order chi connectivity index (χ1) is 17.5. The van der Waals surface area contributed by atoms with Gasteiger partial charge in [-0.2, -0.15) is 0 Å². The Bertz CT molecular complexity index is 1220. The van der Waals surface area contributed by atoms with E-state index in [1.807, 2.05) is 75.4 Å². The molecule has 0 aromatic heterocycles. The van der Waals surface area contributed by atoms with Gasteiger partial charge in [0, 0.05) is 39.3 Å². The van der Waals surface area contributed by atoms with Gasteiger partial charge in [0.1, 0.15) is 6.04 Å². The summed E-state index contributed by atoms with van der Waals surface area (Å²) in [6, 6.07) is 21.7. The highest BCUT2D eigenvalue weighted by molar-refractivity contribution is 7.99. The number of thioether (sulfide) groups is 1. The van der Waals surface area contributed by atoms with Crippen LogP contribution in [0, 0.1) is 0 Å². The molecule has 0 unspecified atom stereocenters. The highest BCUT2D eigenvalue weighted by Gasteiger charge is 2.32. The molecule has 0 spiro atoms.